The summed E-state index contributed by atoms with van der Waals surface area (Å²) >= 11 is 5.55. The van der Waals surface area contributed by atoms with Crippen LogP contribution in [-0.2, 0) is 4.84 Å². The number of rotatable bonds is 3. The van der Waals surface area contributed by atoms with E-state index in [9.17, 15) is 14.9 Å². The number of amides is 1. The maximum absolute atomic E-state index is 11.5. The summed E-state index contributed by atoms with van der Waals surface area (Å²) in [5, 5.41) is 11.1. The van der Waals surface area contributed by atoms with E-state index in [0.717, 1.165) is 11.1 Å². The van der Waals surface area contributed by atoms with Gasteiger partial charge in [-0.2, -0.15) is 0 Å². The fraction of sp³-hybridized carbons (Fsp3) is 0.250. The van der Waals surface area contributed by atoms with Gasteiger partial charge in [-0.15, -0.1) is 0 Å². The predicted octanol–water partition coefficient (Wildman–Crippen LogP) is 1.28. The van der Waals surface area contributed by atoms with Crippen molar-refractivity contribution in [1.82, 2.24) is 10.0 Å². The molecule has 0 fully saturated rings. The Morgan fingerprint density at radius 1 is 1.62 bits per heavy atom. The minimum atomic E-state index is -0.677. The van der Waals surface area contributed by atoms with E-state index >= 15 is 0 Å². The van der Waals surface area contributed by atoms with Gasteiger partial charge < -0.3 is 0 Å². The quantitative estimate of drug-likeness (QED) is 0.455. The molecule has 0 saturated heterocycles. The first-order valence-electron chi connectivity index (χ1n) is 4.10. The standard InChI is InChI=1S/C8H8ClN3O4/c1-11(16-2)8(13)5-3-4-6(12(14)15)7(9)10-5/h3-4H,1-2H3. The van der Waals surface area contributed by atoms with Crippen LogP contribution in [0.4, 0.5) is 5.69 Å². The first kappa shape index (κ1) is 12.3. The molecule has 0 aromatic carbocycles. The Morgan fingerprint density at radius 2 is 2.25 bits per heavy atom. The molecule has 0 unspecified atom stereocenters. The lowest BCUT2D eigenvalue weighted by molar-refractivity contribution is -0.385. The van der Waals surface area contributed by atoms with E-state index in [0.29, 0.717) is 0 Å². The van der Waals surface area contributed by atoms with Crippen LogP contribution in [0.1, 0.15) is 10.5 Å². The van der Waals surface area contributed by atoms with Crippen LogP contribution < -0.4 is 0 Å². The topological polar surface area (TPSA) is 85.6 Å². The van der Waals surface area contributed by atoms with E-state index in [1.54, 1.807) is 0 Å². The van der Waals surface area contributed by atoms with Crippen molar-refractivity contribution < 1.29 is 14.6 Å². The van der Waals surface area contributed by atoms with Crippen molar-refractivity contribution in [2.75, 3.05) is 14.2 Å². The zero-order valence-corrected chi connectivity index (χ0v) is 9.26. The van der Waals surface area contributed by atoms with Gasteiger partial charge in [-0.05, 0) is 6.07 Å². The van der Waals surface area contributed by atoms with Crippen LogP contribution in [0.2, 0.25) is 5.15 Å². The van der Waals surface area contributed by atoms with Gasteiger partial charge in [-0.25, -0.2) is 10.0 Å². The number of carbonyl (C=O) groups is 1. The lowest BCUT2D eigenvalue weighted by Gasteiger charge is -2.12. The summed E-state index contributed by atoms with van der Waals surface area (Å²) in [7, 11) is 2.70. The predicted molar refractivity (Wildman–Crippen MR) is 55.0 cm³/mol. The third-order valence-electron chi connectivity index (χ3n) is 1.80. The SMILES string of the molecule is CON(C)C(=O)c1ccc([N+](=O)[O-])c(Cl)n1. The smallest absolute Gasteiger partial charge is 0.274 e. The van der Waals surface area contributed by atoms with Crippen LogP contribution in [0.5, 0.6) is 0 Å². The van der Waals surface area contributed by atoms with Gasteiger partial charge in [0.05, 0.1) is 12.0 Å². The molecule has 0 aliphatic heterocycles. The first-order valence-corrected chi connectivity index (χ1v) is 4.48. The zero-order valence-electron chi connectivity index (χ0n) is 8.51. The van der Waals surface area contributed by atoms with Gasteiger partial charge in [-0.1, -0.05) is 11.6 Å². The van der Waals surface area contributed by atoms with Crippen LogP contribution >= 0.6 is 11.6 Å². The molecule has 0 N–H and O–H groups in total. The lowest BCUT2D eigenvalue weighted by Crippen LogP contribution is -2.26. The molecule has 0 saturated carbocycles. The Balaban J connectivity index is 3.06. The Morgan fingerprint density at radius 3 is 2.69 bits per heavy atom. The number of nitro groups is 1. The summed E-state index contributed by atoms with van der Waals surface area (Å²) in [6.45, 7) is 0. The van der Waals surface area contributed by atoms with Gasteiger partial charge in [0.15, 0.2) is 0 Å². The molecule has 1 heterocycles. The maximum Gasteiger partial charge on any atom is 0.306 e. The molecule has 1 aromatic heterocycles. The van der Waals surface area contributed by atoms with Crippen LogP contribution in [0.3, 0.4) is 0 Å². The monoisotopic (exact) mass is 245 g/mol. The number of halogens is 1. The molecule has 8 heteroatoms. The average molecular weight is 246 g/mol. The molecule has 0 atom stereocenters. The van der Waals surface area contributed by atoms with E-state index < -0.39 is 10.8 Å². The van der Waals surface area contributed by atoms with Gasteiger partial charge in [0, 0.05) is 13.1 Å². The Bertz CT molecular complexity index is 437. The van der Waals surface area contributed by atoms with E-state index in [1.165, 1.54) is 20.2 Å². The van der Waals surface area contributed by atoms with Crippen molar-refractivity contribution in [3.63, 3.8) is 0 Å². The van der Waals surface area contributed by atoms with Crippen molar-refractivity contribution in [3.8, 4) is 0 Å². The van der Waals surface area contributed by atoms with Crippen molar-refractivity contribution in [2.24, 2.45) is 0 Å². The molecule has 0 radical (unpaired) electrons. The summed E-state index contributed by atoms with van der Waals surface area (Å²) in [6, 6.07) is 2.33. The maximum atomic E-state index is 11.5. The normalized spacial score (nSPS) is 9.94. The summed E-state index contributed by atoms with van der Waals surface area (Å²) in [5.74, 6) is -0.542. The zero-order chi connectivity index (χ0) is 12.3. The van der Waals surface area contributed by atoms with Gasteiger partial charge >= 0.3 is 5.69 Å². The second-order valence-electron chi connectivity index (χ2n) is 2.75. The number of pyridine rings is 1. The van der Waals surface area contributed by atoms with Gasteiger partial charge in [0.25, 0.3) is 5.91 Å². The number of hydrogen-bond donors (Lipinski definition) is 0. The van der Waals surface area contributed by atoms with Crippen LogP contribution in [0.15, 0.2) is 12.1 Å². The molecule has 1 rings (SSSR count). The highest BCUT2D eigenvalue weighted by Gasteiger charge is 2.19. The molecule has 16 heavy (non-hydrogen) atoms. The number of hydroxylamine groups is 2. The first-order chi connectivity index (χ1) is 7.47. The molecular weight excluding hydrogens is 238 g/mol. The molecule has 1 amide bonds. The van der Waals surface area contributed by atoms with Gasteiger partial charge in [-0.3, -0.25) is 19.7 Å². The highest BCUT2D eigenvalue weighted by atomic mass is 35.5. The van der Waals surface area contributed by atoms with Crippen LogP contribution in [0.25, 0.3) is 0 Å². The molecule has 1 aromatic rings. The third kappa shape index (κ3) is 2.44. The summed E-state index contributed by atoms with van der Waals surface area (Å²) in [6.07, 6.45) is 0. The average Bonchev–Trinajstić information content (AvgIpc) is 2.26. The Hall–Kier alpha value is -1.73. The number of carbonyl (C=O) groups excluding carboxylic acids is 1. The second-order valence-corrected chi connectivity index (χ2v) is 3.11. The minimum absolute atomic E-state index is 0.0278. The van der Waals surface area contributed by atoms with Crippen molar-refractivity contribution in [1.29, 1.82) is 0 Å². The Kier molecular flexibility index (Phi) is 3.75. The van der Waals surface area contributed by atoms with Crippen molar-refractivity contribution in [2.45, 2.75) is 0 Å². The largest absolute Gasteiger partial charge is 0.306 e. The fourth-order valence-corrected chi connectivity index (χ4v) is 1.15. The van der Waals surface area contributed by atoms with E-state index in [2.05, 4.69) is 9.82 Å². The number of nitrogens with zero attached hydrogens (tertiary/aromatic N) is 3. The van der Waals surface area contributed by atoms with E-state index in [1.807, 2.05) is 0 Å². The Labute approximate surface area is 95.7 Å². The van der Waals surface area contributed by atoms with E-state index in [-0.39, 0.29) is 16.5 Å². The van der Waals surface area contributed by atoms with Crippen molar-refractivity contribution in [3.05, 3.63) is 33.1 Å². The molecule has 86 valence electrons. The third-order valence-corrected chi connectivity index (χ3v) is 2.08. The highest BCUT2D eigenvalue weighted by molar-refractivity contribution is 6.31. The number of hydrogen-bond acceptors (Lipinski definition) is 5. The molecule has 0 aliphatic rings. The molecule has 0 aliphatic carbocycles. The van der Waals surface area contributed by atoms with Crippen LogP contribution in [-0.4, -0.2) is 35.0 Å². The molecule has 0 bridgehead atoms. The van der Waals surface area contributed by atoms with Crippen LogP contribution in [0, 0.1) is 10.1 Å². The van der Waals surface area contributed by atoms with Crippen molar-refractivity contribution >= 4 is 23.2 Å². The van der Waals surface area contributed by atoms with Gasteiger partial charge in [0.1, 0.15) is 5.69 Å². The summed E-state index contributed by atoms with van der Waals surface area (Å²) in [5.41, 5.74) is -0.377. The lowest BCUT2D eigenvalue weighted by atomic mass is 10.3. The highest BCUT2D eigenvalue weighted by Crippen LogP contribution is 2.21. The summed E-state index contributed by atoms with van der Waals surface area (Å²) in [4.78, 5) is 29.6. The number of aromatic nitrogens is 1. The molecule has 7 nitrogen and oxygen atoms in total. The summed E-state index contributed by atoms with van der Waals surface area (Å²) < 4.78 is 0. The van der Waals surface area contributed by atoms with Gasteiger partial charge in [0.2, 0.25) is 5.15 Å². The fourth-order valence-electron chi connectivity index (χ4n) is 0.926. The second kappa shape index (κ2) is 4.86. The molecule has 0 spiro atoms. The minimum Gasteiger partial charge on any atom is -0.274 e. The van der Waals surface area contributed by atoms with E-state index in [4.69, 9.17) is 11.6 Å². The molecular formula is C8H8ClN3O4.